The lowest BCUT2D eigenvalue weighted by Crippen LogP contribution is -2.37. The van der Waals surface area contributed by atoms with Gasteiger partial charge in [0.15, 0.2) is 0 Å². The van der Waals surface area contributed by atoms with Gasteiger partial charge in [-0.1, -0.05) is 60.2 Å². The molecule has 0 aliphatic rings. The zero-order chi connectivity index (χ0) is 19.2. The quantitative estimate of drug-likeness (QED) is 0.646. The van der Waals surface area contributed by atoms with E-state index in [0.717, 1.165) is 17.0 Å². The normalized spacial score (nSPS) is 12.1. The molecule has 0 saturated heterocycles. The van der Waals surface area contributed by atoms with Crippen molar-refractivity contribution in [2.24, 2.45) is 0 Å². The van der Waals surface area contributed by atoms with Gasteiger partial charge < -0.3 is 5.32 Å². The van der Waals surface area contributed by atoms with Crippen molar-refractivity contribution in [3.63, 3.8) is 0 Å². The standard InChI is InChI=1S/C23H26N2OS/c1-17-11-12-20(18(2)14-17)15-25(3)16-22(26)24-23(21-10-7-13-27-21)19-8-5-4-6-9-19/h4-14,23H,15-16H2,1-3H3,(H,24,26)/t23-/m0/s1. The molecule has 0 unspecified atom stereocenters. The second-order valence-electron chi connectivity index (χ2n) is 7.03. The lowest BCUT2D eigenvalue weighted by Gasteiger charge is -2.22. The molecule has 0 fully saturated rings. The van der Waals surface area contributed by atoms with Gasteiger partial charge >= 0.3 is 0 Å². The maximum Gasteiger partial charge on any atom is 0.234 e. The van der Waals surface area contributed by atoms with Gasteiger partial charge in [0.25, 0.3) is 0 Å². The van der Waals surface area contributed by atoms with Crippen molar-refractivity contribution in [2.75, 3.05) is 13.6 Å². The fraction of sp³-hybridized carbons (Fsp3) is 0.261. The monoisotopic (exact) mass is 378 g/mol. The van der Waals surface area contributed by atoms with Crippen LogP contribution in [-0.2, 0) is 11.3 Å². The van der Waals surface area contributed by atoms with Gasteiger partial charge in [0.05, 0.1) is 12.6 Å². The van der Waals surface area contributed by atoms with E-state index in [1.807, 2.05) is 36.7 Å². The summed E-state index contributed by atoms with van der Waals surface area (Å²) in [5.74, 6) is 0.0320. The van der Waals surface area contributed by atoms with Crippen LogP contribution < -0.4 is 5.32 Å². The van der Waals surface area contributed by atoms with E-state index >= 15 is 0 Å². The Labute approximate surface area is 165 Å². The molecule has 140 valence electrons. The summed E-state index contributed by atoms with van der Waals surface area (Å²) < 4.78 is 0. The van der Waals surface area contributed by atoms with E-state index in [2.05, 4.69) is 60.5 Å². The van der Waals surface area contributed by atoms with E-state index in [4.69, 9.17) is 0 Å². The molecule has 3 aromatic rings. The maximum atomic E-state index is 12.7. The summed E-state index contributed by atoms with van der Waals surface area (Å²) in [6.07, 6.45) is 0. The molecular formula is C23H26N2OS. The third kappa shape index (κ3) is 5.28. The number of aryl methyl sites for hydroxylation is 2. The van der Waals surface area contributed by atoms with Crippen LogP contribution in [-0.4, -0.2) is 24.4 Å². The average molecular weight is 379 g/mol. The first-order valence-corrected chi connectivity index (χ1v) is 10.0. The van der Waals surface area contributed by atoms with Crippen LogP contribution in [0.4, 0.5) is 0 Å². The Balaban J connectivity index is 1.65. The first kappa shape index (κ1) is 19.3. The van der Waals surface area contributed by atoms with Crippen LogP contribution in [0.2, 0.25) is 0 Å². The number of hydrogen-bond acceptors (Lipinski definition) is 3. The molecule has 3 nitrogen and oxygen atoms in total. The highest BCUT2D eigenvalue weighted by Crippen LogP contribution is 2.25. The summed E-state index contributed by atoms with van der Waals surface area (Å²) in [5.41, 5.74) is 4.89. The van der Waals surface area contributed by atoms with E-state index < -0.39 is 0 Å². The van der Waals surface area contributed by atoms with E-state index in [0.29, 0.717) is 6.54 Å². The summed E-state index contributed by atoms with van der Waals surface area (Å²) in [6, 6.07) is 20.6. The van der Waals surface area contributed by atoms with Gasteiger partial charge in [-0.05, 0) is 49.0 Å². The fourth-order valence-corrected chi connectivity index (χ4v) is 4.04. The van der Waals surface area contributed by atoms with Crippen LogP contribution in [0, 0.1) is 13.8 Å². The zero-order valence-electron chi connectivity index (χ0n) is 16.1. The predicted molar refractivity (Wildman–Crippen MR) is 113 cm³/mol. The van der Waals surface area contributed by atoms with Crippen LogP contribution in [0.5, 0.6) is 0 Å². The molecule has 1 atom stereocenters. The SMILES string of the molecule is Cc1ccc(CN(C)CC(=O)N[C@@H](c2ccccc2)c2cccs2)c(C)c1. The lowest BCUT2D eigenvalue weighted by molar-refractivity contribution is -0.122. The molecule has 1 heterocycles. The molecule has 0 saturated carbocycles. The highest BCUT2D eigenvalue weighted by molar-refractivity contribution is 7.10. The lowest BCUT2D eigenvalue weighted by atomic mass is 10.0. The maximum absolute atomic E-state index is 12.7. The Morgan fingerprint density at radius 2 is 1.85 bits per heavy atom. The van der Waals surface area contributed by atoms with Crippen molar-refractivity contribution in [1.29, 1.82) is 0 Å². The van der Waals surface area contributed by atoms with Crippen molar-refractivity contribution < 1.29 is 4.79 Å². The molecule has 2 aromatic carbocycles. The summed E-state index contributed by atoms with van der Waals surface area (Å²) in [4.78, 5) is 15.9. The first-order valence-electron chi connectivity index (χ1n) is 9.15. The van der Waals surface area contributed by atoms with Crippen molar-refractivity contribution in [3.05, 3.63) is 93.2 Å². The second kappa shape index (κ2) is 8.98. The third-order valence-electron chi connectivity index (χ3n) is 4.62. The molecule has 3 rings (SSSR count). The highest BCUT2D eigenvalue weighted by atomic mass is 32.1. The average Bonchev–Trinajstić information content (AvgIpc) is 3.17. The molecule has 4 heteroatoms. The number of carbonyl (C=O) groups is 1. The van der Waals surface area contributed by atoms with Crippen molar-refractivity contribution >= 4 is 17.2 Å². The van der Waals surface area contributed by atoms with Gasteiger partial charge in [-0.2, -0.15) is 0 Å². The van der Waals surface area contributed by atoms with Crippen LogP contribution in [0.25, 0.3) is 0 Å². The Morgan fingerprint density at radius 1 is 1.07 bits per heavy atom. The van der Waals surface area contributed by atoms with Crippen LogP contribution in [0.3, 0.4) is 0 Å². The fourth-order valence-electron chi connectivity index (χ4n) is 3.24. The van der Waals surface area contributed by atoms with Gasteiger partial charge in [0, 0.05) is 11.4 Å². The van der Waals surface area contributed by atoms with E-state index in [9.17, 15) is 4.79 Å². The minimum absolute atomic E-state index is 0.0320. The number of nitrogens with zero attached hydrogens (tertiary/aromatic N) is 1. The minimum Gasteiger partial charge on any atom is -0.343 e. The van der Waals surface area contributed by atoms with Crippen LogP contribution in [0.15, 0.2) is 66.0 Å². The number of benzene rings is 2. The second-order valence-corrected chi connectivity index (χ2v) is 8.01. The van der Waals surface area contributed by atoms with Crippen LogP contribution in [0.1, 0.15) is 33.2 Å². The van der Waals surface area contributed by atoms with Gasteiger partial charge in [0.1, 0.15) is 0 Å². The molecule has 1 amide bonds. The Kier molecular flexibility index (Phi) is 6.43. The van der Waals surface area contributed by atoms with Crippen LogP contribution >= 0.6 is 11.3 Å². The Bertz CT molecular complexity index is 875. The van der Waals surface area contributed by atoms with Gasteiger partial charge in [0.2, 0.25) is 5.91 Å². The van der Waals surface area contributed by atoms with Gasteiger partial charge in [-0.3, -0.25) is 9.69 Å². The number of likely N-dealkylation sites (N-methyl/N-ethyl adjacent to an activating group) is 1. The summed E-state index contributed by atoms with van der Waals surface area (Å²) in [6.45, 7) is 5.34. The van der Waals surface area contributed by atoms with Gasteiger partial charge in [-0.25, -0.2) is 0 Å². The smallest absolute Gasteiger partial charge is 0.234 e. The number of thiophene rings is 1. The zero-order valence-corrected chi connectivity index (χ0v) is 16.9. The topological polar surface area (TPSA) is 32.3 Å². The molecule has 0 radical (unpaired) electrons. The van der Waals surface area contributed by atoms with E-state index in [1.54, 1.807) is 11.3 Å². The number of rotatable bonds is 7. The molecule has 1 N–H and O–H groups in total. The summed E-state index contributed by atoms with van der Waals surface area (Å²) in [7, 11) is 1.99. The van der Waals surface area contributed by atoms with Crippen molar-refractivity contribution in [3.8, 4) is 0 Å². The number of hydrogen-bond donors (Lipinski definition) is 1. The van der Waals surface area contributed by atoms with Crippen molar-refractivity contribution in [2.45, 2.75) is 26.4 Å². The molecule has 0 aliphatic heterocycles. The Morgan fingerprint density at radius 3 is 2.52 bits per heavy atom. The predicted octanol–water partition coefficient (Wildman–Crippen LogP) is 4.70. The summed E-state index contributed by atoms with van der Waals surface area (Å²) >= 11 is 1.66. The largest absolute Gasteiger partial charge is 0.343 e. The highest BCUT2D eigenvalue weighted by Gasteiger charge is 2.18. The van der Waals surface area contributed by atoms with Crippen molar-refractivity contribution in [1.82, 2.24) is 10.2 Å². The molecule has 0 spiro atoms. The molecule has 0 bridgehead atoms. The van der Waals surface area contributed by atoms with Gasteiger partial charge in [-0.15, -0.1) is 11.3 Å². The number of carbonyl (C=O) groups excluding carboxylic acids is 1. The molecule has 0 aliphatic carbocycles. The number of nitrogens with one attached hydrogen (secondary N) is 1. The molecular weight excluding hydrogens is 352 g/mol. The van der Waals surface area contributed by atoms with E-state index in [-0.39, 0.29) is 11.9 Å². The first-order chi connectivity index (χ1) is 13.0. The van der Waals surface area contributed by atoms with E-state index in [1.165, 1.54) is 16.7 Å². The molecule has 27 heavy (non-hydrogen) atoms. The minimum atomic E-state index is -0.104. The molecule has 1 aromatic heterocycles. The number of amides is 1. The Hall–Kier alpha value is -2.43. The summed E-state index contributed by atoms with van der Waals surface area (Å²) in [5, 5.41) is 5.25. The third-order valence-corrected chi connectivity index (χ3v) is 5.55.